The van der Waals surface area contributed by atoms with Gasteiger partial charge in [0.15, 0.2) is 0 Å². The van der Waals surface area contributed by atoms with Crippen molar-refractivity contribution < 1.29 is 0 Å². The van der Waals surface area contributed by atoms with Crippen LogP contribution < -0.4 is 0 Å². The van der Waals surface area contributed by atoms with E-state index >= 15 is 0 Å². The van der Waals surface area contributed by atoms with Gasteiger partial charge in [-0.3, -0.25) is 0 Å². The van der Waals surface area contributed by atoms with Crippen molar-refractivity contribution in [2.45, 2.75) is 117 Å². The lowest BCUT2D eigenvalue weighted by molar-refractivity contribution is 0.605. The SMILES string of the molecule is CCCCCCCCc1c2c(c(CCCCCCCC)c3c1-c1sccc1C3)-c1sccc1C2. The van der Waals surface area contributed by atoms with Crippen molar-refractivity contribution in [3.05, 3.63) is 56.3 Å². The van der Waals surface area contributed by atoms with E-state index in [-0.39, 0.29) is 0 Å². The zero-order valence-corrected chi connectivity index (χ0v) is 23.1. The first-order valence-electron chi connectivity index (χ1n) is 14.2. The van der Waals surface area contributed by atoms with E-state index in [2.05, 4.69) is 36.7 Å². The Bertz CT molecular complexity index is 1010. The average Bonchev–Trinajstić information content (AvgIpc) is 3.60. The number of fused-ring (bicyclic) bond motifs is 6. The molecule has 2 heteroatoms. The molecule has 0 radical (unpaired) electrons. The molecule has 182 valence electrons. The zero-order valence-electron chi connectivity index (χ0n) is 21.4. The second kappa shape index (κ2) is 11.6. The molecule has 0 spiro atoms. The topological polar surface area (TPSA) is 0 Å². The number of hydrogen-bond donors (Lipinski definition) is 0. The monoisotopic (exact) mass is 490 g/mol. The lowest BCUT2D eigenvalue weighted by Gasteiger charge is -2.21. The molecule has 2 aliphatic rings. The second-order valence-electron chi connectivity index (χ2n) is 10.6. The molecule has 1 aromatic carbocycles. The van der Waals surface area contributed by atoms with Crippen LogP contribution in [0.3, 0.4) is 0 Å². The van der Waals surface area contributed by atoms with Crippen LogP contribution >= 0.6 is 22.7 Å². The van der Waals surface area contributed by atoms with Gasteiger partial charge in [-0.2, -0.15) is 0 Å². The number of thiophene rings is 2. The summed E-state index contributed by atoms with van der Waals surface area (Å²) in [7, 11) is 0. The van der Waals surface area contributed by atoms with E-state index in [0.29, 0.717) is 0 Å². The van der Waals surface area contributed by atoms with Crippen molar-refractivity contribution in [1.29, 1.82) is 0 Å². The highest BCUT2D eigenvalue weighted by Crippen LogP contribution is 2.53. The first-order chi connectivity index (χ1) is 16.8. The first kappa shape index (κ1) is 24.3. The molecule has 0 bridgehead atoms. The molecule has 34 heavy (non-hydrogen) atoms. The van der Waals surface area contributed by atoms with E-state index in [1.165, 1.54) is 103 Å². The highest BCUT2D eigenvalue weighted by molar-refractivity contribution is 7.14. The Labute approximate surface area is 215 Å². The minimum atomic E-state index is 1.18. The van der Waals surface area contributed by atoms with Crippen molar-refractivity contribution >= 4 is 22.7 Å². The maximum absolute atomic E-state index is 2.41. The number of benzene rings is 1. The van der Waals surface area contributed by atoms with Crippen molar-refractivity contribution in [2.24, 2.45) is 0 Å². The maximum Gasteiger partial charge on any atom is 0.0383 e. The highest BCUT2D eigenvalue weighted by atomic mass is 32.1. The summed E-state index contributed by atoms with van der Waals surface area (Å²) in [6.45, 7) is 4.63. The van der Waals surface area contributed by atoms with Gasteiger partial charge < -0.3 is 0 Å². The Morgan fingerprint density at radius 3 is 1.41 bits per heavy atom. The van der Waals surface area contributed by atoms with Crippen molar-refractivity contribution in [1.82, 2.24) is 0 Å². The van der Waals surface area contributed by atoms with Crippen LogP contribution in [0.25, 0.3) is 20.9 Å². The van der Waals surface area contributed by atoms with Crippen LogP contribution in [0.2, 0.25) is 0 Å². The van der Waals surface area contributed by atoms with E-state index in [1.807, 2.05) is 22.7 Å². The van der Waals surface area contributed by atoms with E-state index in [1.54, 1.807) is 54.3 Å². The van der Waals surface area contributed by atoms with Gasteiger partial charge in [-0.1, -0.05) is 78.1 Å². The molecular formula is C32H42S2. The molecule has 0 aliphatic heterocycles. The quantitative estimate of drug-likeness (QED) is 0.136. The normalized spacial score (nSPS) is 13.2. The molecule has 2 aliphatic carbocycles. The van der Waals surface area contributed by atoms with Crippen LogP contribution in [0, 0.1) is 0 Å². The van der Waals surface area contributed by atoms with Crippen LogP contribution in [0.15, 0.2) is 22.9 Å². The Hall–Kier alpha value is -1.38. The van der Waals surface area contributed by atoms with Crippen LogP contribution in [0.5, 0.6) is 0 Å². The Kier molecular flexibility index (Phi) is 8.28. The summed E-state index contributed by atoms with van der Waals surface area (Å²) in [5, 5.41) is 4.67. The zero-order chi connectivity index (χ0) is 23.3. The summed E-state index contributed by atoms with van der Waals surface area (Å²) in [6, 6.07) is 4.81. The number of unbranched alkanes of at least 4 members (excludes halogenated alkanes) is 10. The minimum Gasteiger partial charge on any atom is -0.144 e. The third-order valence-corrected chi connectivity index (χ3v) is 10.1. The Morgan fingerprint density at radius 2 is 0.971 bits per heavy atom. The smallest absolute Gasteiger partial charge is 0.0383 e. The average molecular weight is 491 g/mol. The van der Waals surface area contributed by atoms with Crippen LogP contribution in [-0.2, 0) is 25.7 Å². The second-order valence-corrected chi connectivity index (χ2v) is 12.4. The summed E-state index contributed by atoms with van der Waals surface area (Å²) in [5.74, 6) is 0. The van der Waals surface area contributed by atoms with Crippen molar-refractivity contribution in [3.8, 4) is 20.9 Å². The maximum atomic E-state index is 2.41. The van der Waals surface area contributed by atoms with Crippen LogP contribution in [-0.4, -0.2) is 0 Å². The summed E-state index contributed by atoms with van der Waals surface area (Å²) in [4.78, 5) is 3.22. The van der Waals surface area contributed by atoms with Gasteiger partial charge in [0.05, 0.1) is 0 Å². The lowest BCUT2D eigenvalue weighted by Crippen LogP contribution is -2.05. The predicted octanol–water partition coefficient (Wildman–Crippen LogP) is 10.8. The third-order valence-electron chi connectivity index (χ3n) is 8.18. The summed E-state index contributed by atoms with van der Waals surface area (Å²) < 4.78 is 0. The number of rotatable bonds is 14. The molecular weight excluding hydrogens is 448 g/mol. The van der Waals surface area contributed by atoms with Gasteiger partial charge in [0.1, 0.15) is 0 Å². The molecule has 0 atom stereocenters. The molecule has 0 fully saturated rings. The molecule has 5 rings (SSSR count). The highest BCUT2D eigenvalue weighted by Gasteiger charge is 2.34. The molecule has 0 unspecified atom stereocenters. The lowest BCUT2D eigenvalue weighted by atomic mass is 9.84. The van der Waals surface area contributed by atoms with Crippen LogP contribution in [0.1, 0.15) is 124 Å². The minimum absolute atomic E-state index is 1.18. The van der Waals surface area contributed by atoms with E-state index in [9.17, 15) is 0 Å². The number of hydrogen-bond acceptors (Lipinski definition) is 2. The van der Waals surface area contributed by atoms with Gasteiger partial charge in [-0.25, -0.2) is 0 Å². The fraction of sp³-hybridized carbons (Fsp3) is 0.562. The molecule has 0 saturated carbocycles. The van der Waals surface area contributed by atoms with Crippen molar-refractivity contribution in [2.75, 3.05) is 0 Å². The van der Waals surface area contributed by atoms with Gasteiger partial charge in [-0.05, 0) is 106 Å². The molecule has 0 nitrogen and oxygen atoms in total. The van der Waals surface area contributed by atoms with Crippen molar-refractivity contribution in [3.63, 3.8) is 0 Å². The largest absolute Gasteiger partial charge is 0.144 e. The summed E-state index contributed by atoms with van der Waals surface area (Å²) in [5.41, 5.74) is 13.5. The van der Waals surface area contributed by atoms with Gasteiger partial charge in [-0.15, -0.1) is 22.7 Å². The third kappa shape index (κ3) is 4.82. The molecule has 0 saturated heterocycles. The molecule has 3 aromatic rings. The summed E-state index contributed by atoms with van der Waals surface area (Å²) >= 11 is 4.00. The van der Waals surface area contributed by atoms with Gasteiger partial charge in [0, 0.05) is 9.75 Å². The molecule has 2 heterocycles. The molecule has 0 N–H and O–H groups in total. The first-order valence-corrected chi connectivity index (χ1v) is 15.9. The molecule has 2 aromatic heterocycles. The Morgan fingerprint density at radius 1 is 0.559 bits per heavy atom. The van der Waals surface area contributed by atoms with Crippen LogP contribution in [0.4, 0.5) is 0 Å². The van der Waals surface area contributed by atoms with E-state index in [0.717, 1.165) is 0 Å². The standard InChI is InChI=1S/C32H42S2/c1-3-5-7-9-11-13-15-25-27-21-23-17-20-34-32(23)30(27)26(16-14-12-10-8-6-4-2)28-22-24-18-19-33-31(24)29(25)28/h17-20H,3-16,21-22H2,1-2H3. The Balaban J connectivity index is 1.46. The van der Waals surface area contributed by atoms with Gasteiger partial charge >= 0.3 is 0 Å². The fourth-order valence-electron chi connectivity index (χ4n) is 6.39. The van der Waals surface area contributed by atoms with E-state index in [4.69, 9.17) is 0 Å². The van der Waals surface area contributed by atoms with Gasteiger partial charge in [0.25, 0.3) is 0 Å². The van der Waals surface area contributed by atoms with Gasteiger partial charge in [0.2, 0.25) is 0 Å². The van der Waals surface area contributed by atoms with E-state index < -0.39 is 0 Å². The summed E-state index contributed by atoms with van der Waals surface area (Å²) in [6.07, 6.45) is 21.5. The predicted molar refractivity (Wildman–Crippen MR) is 153 cm³/mol. The molecule has 0 amide bonds. The fourth-order valence-corrected chi connectivity index (χ4v) is 8.44.